The zero-order chi connectivity index (χ0) is 12.8. The SMILES string of the molecule is CCCCC1CCN(C(CCO)C(N)=O)C1=O. The van der Waals surface area contributed by atoms with E-state index in [-0.39, 0.29) is 24.9 Å². The molecule has 0 aromatic rings. The molecule has 98 valence electrons. The van der Waals surface area contributed by atoms with Gasteiger partial charge in [0.05, 0.1) is 0 Å². The van der Waals surface area contributed by atoms with E-state index in [9.17, 15) is 9.59 Å². The highest BCUT2D eigenvalue weighted by atomic mass is 16.3. The molecule has 2 atom stereocenters. The average Bonchev–Trinajstić information content (AvgIpc) is 2.64. The molecule has 1 heterocycles. The molecule has 0 bridgehead atoms. The highest BCUT2D eigenvalue weighted by Gasteiger charge is 2.37. The van der Waals surface area contributed by atoms with Gasteiger partial charge in [0.15, 0.2) is 0 Å². The zero-order valence-electron chi connectivity index (χ0n) is 10.4. The Morgan fingerprint density at radius 1 is 1.65 bits per heavy atom. The van der Waals surface area contributed by atoms with E-state index < -0.39 is 11.9 Å². The van der Waals surface area contributed by atoms with Crippen LogP contribution in [0.3, 0.4) is 0 Å². The molecule has 2 amide bonds. The molecule has 0 radical (unpaired) electrons. The summed E-state index contributed by atoms with van der Waals surface area (Å²) < 4.78 is 0. The molecule has 5 heteroatoms. The first-order chi connectivity index (χ1) is 8.11. The summed E-state index contributed by atoms with van der Waals surface area (Å²) in [6.07, 6.45) is 4.03. The van der Waals surface area contributed by atoms with Crippen LogP contribution in [-0.4, -0.2) is 41.0 Å². The van der Waals surface area contributed by atoms with Crippen LogP contribution in [0.4, 0.5) is 0 Å². The van der Waals surface area contributed by atoms with Gasteiger partial charge in [-0.15, -0.1) is 0 Å². The number of amides is 2. The second-order valence-corrected chi connectivity index (χ2v) is 4.59. The van der Waals surface area contributed by atoms with Crippen molar-refractivity contribution in [1.29, 1.82) is 0 Å². The molecule has 2 unspecified atom stereocenters. The van der Waals surface area contributed by atoms with E-state index in [1.165, 1.54) is 0 Å². The number of likely N-dealkylation sites (tertiary alicyclic amines) is 1. The van der Waals surface area contributed by atoms with Crippen molar-refractivity contribution in [1.82, 2.24) is 4.90 Å². The highest BCUT2D eigenvalue weighted by molar-refractivity contribution is 5.88. The van der Waals surface area contributed by atoms with Crippen LogP contribution in [-0.2, 0) is 9.59 Å². The Labute approximate surface area is 102 Å². The highest BCUT2D eigenvalue weighted by Crippen LogP contribution is 2.25. The first kappa shape index (κ1) is 14.0. The molecule has 1 aliphatic rings. The number of aliphatic hydroxyl groups is 1. The van der Waals surface area contributed by atoms with Gasteiger partial charge < -0.3 is 15.7 Å². The third kappa shape index (κ3) is 3.43. The molecule has 0 spiro atoms. The first-order valence-corrected chi connectivity index (χ1v) is 6.32. The molecule has 0 aromatic carbocycles. The van der Waals surface area contributed by atoms with Crippen LogP contribution in [0.25, 0.3) is 0 Å². The summed E-state index contributed by atoms with van der Waals surface area (Å²) in [5.74, 6) is -0.463. The second-order valence-electron chi connectivity index (χ2n) is 4.59. The number of aliphatic hydroxyl groups excluding tert-OH is 1. The van der Waals surface area contributed by atoms with E-state index in [2.05, 4.69) is 6.92 Å². The maximum absolute atomic E-state index is 12.1. The molecular formula is C12H22N2O3. The van der Waals surface area contributed by atoms with E-state index in [1.54, 1.807) is 4.90 Å². The fourth-order valence-corrected chi connectivity index (χ4v) is 2.36. The van der Waals surface area contributed by atoms with E-state index in [0.29, 0.717) is 6.54 Å². The molecule has 0 aromatic heterocycles. The smallest absolute Gasteiger partial charge is 0.240 e. The number of primary amides is 1. The van der Waals surface area contributed by atoms with Crippen LogP contribution in [0.5, 0.6) is 0 Å². The number of carbonyl (C=O) groups is 2. The minimum absolute atomic E-state index is 0.0238. The van der Waals surface area contributed by atoms with Crippen molar-refractivity contribution in [3.63, 3.8) is 0 Å². The Morgan fingerprint density at radius 2 is 2.35 bits per heavy atom. The van der Waals surface area contributed by atoms with Crippen molar-refractivity contribution in [2.45, 2.75) is 45.1 Å². The molecule has 3 N–H and O–H groups in total. The van der Waals surface area contributed by atoms with Crippen LogP contribution >= 0.6 is 0 Å². The van der Waals surface area contributed by atoms with Gasteiger partial charge >= 0.3 is 0 Å². The minimum Gasteiger partial charge on any atom is -0.396 e. The Hall–Kier alpha value is -1.10. The molecule has 5 nitrogen and oxygen atoms in total. The van der Waals surface area contributed by atoms with Gasteiger partial charge in [-0.25, -0.2) is 0 Å². The summed E-state index contributed by atoms with van der Waals surface area (Å²) >= 11 is 0. The van der Waals surface area contributed by atoms with E-state index in [1.807, 2.05) is 0 Å². The molecule has 1 saturated heterocycles. The summed E-state index contributed by atoms with van der Waals surface area (Å²) in [5.41, 5.74) is 5.27. The van der Waals surface area contributed by atoms with Crippen LogP contribution in [0, 0.1) is 5.92 Å². The van der Waals surface area contributed by atoms with Gasteiger partial charge in [-0.3, -0.25) is 9.59 Å². The van der Waals surface area contributed by atoms with Crippen molar-refractivity contribution in [2.75, 3.05) is 13.2 Å². The number of nitrogens with zero attached hydrogens (tertiary/aromatic N) is 1. The third-order valence-electron chi connectivity index (χ3n) is 3.36. The lowest BCUT2D eigenvalue weighted by molar-refractivity contribution is -0.138. The molecule has 17 heavy (non-hydrogen) atoms. The minimum atomic E-state index is -0.640. The fourth-order valence-electron chi connectivity index (χ4n) is 2.36. The number of rotatable bonds is 7. The maximum Gasteiger partial charge on any atom is 0.240 e. The monoisotopic (exact) mass is 242 g/mol. The summed E-state index contributed by atoms with van der Waals surface area (Å²) in [6, 6.07) is -0.640. The van der Waals surface area contributed by atoms with Gasteiger partial charge in [-0.1, -0.05) is 19.8 Å². The summed E-state index contributed by atoms with van der Waals surface area (Å²) in [5, 5.41) is 8.89. The fraction of sp³-hybridized carbons (Fsp3) is 0.833. The van der Waals surface area contributed by atoms with Gasteiger partial charge in [0.1, 0.15) is 6.04 Å². The van der Waals surface area contributed by atoms with Gasteiger partial charge in [0.25, 0.3) is 0 Å². The van der Waals surface area contributed by atoms with Crippen molar-refractivity contribution < 1.29 is 14.7 Å². The lowest BCUT2D eigenvalue weighted by Gasteiger charge is -2.25. The third-order valence-corrected chi connectivity index (χ3v) is 3.36. The van der Waals surface area contributed by atoms with E-state index in [0.717, 1.165) is 25.7 Å². The standard InChI is InChI=1S/C12H22N2O3/c1-2-3-4-9-5-7-14(12(9)17)10(6-8-15)11(13)16/h9-10,15H,2-8H2,1H3,(H2,13,16). The van der Waals surface area contributed by atoms with Crippen molar-refractivity contribution in [3.8, 4) is 0 Å². The number of nitrogens with two attached hydrogens (primary N) is 1. The number of carbonyl (C=O) groups excluding carboxylic acids is 2. The molecule has 1 aliphatic heterocycles. The topological polar surface area (TPSA) is 83.6 Å². The predicted octanol–water partition coefficient (Wildman–Crippen LogP) is 0.261. The molecule has 1 fully saturated rings. The molecule has 0 saturated carbocycles. The summed E-state index contributed by atoms with van der Waals surface area (Å²) in [4.78, 5) is 24.9. The van der Waals surface area contributed by atoms with Crippen LogP contribution in [0.1, 0.15) is 39.0 Å². The van der Waals surface area contributed by atoms with Crippen molar-refractivity contribution >= 4 is 11.8 Å². The normalized spacial score (nSPS) is 21.9. The maximum atomic E-state index is 12.1. The Bertz CT molecular complexity index is 281. The quantitative estimate of drug-likeness (QED) is 0.671. The lowest BCUT2D eigenvalue weighted by Crippen LogP contribution is -2.46. The van der Waals surface area contributed by atoms with Crippen LogP contribution in [0.15, 0.2) is 0 Å². The second kappa shape index (κ2) is 6.59. The number of hydrogen-bond acceptors (Lipinski definition) is 3. The van der Waals surface area contributed by atoms with Crippen LogP contribution in [0.2, 0.25) is 0 Å². The number of hydrogen-bond donors (Lipinski definition) is 2. The molecular weight excluding hydrogens is 220 g/mol. The predicted molar refractivity (Wildman–Crippen MR) is 64.0 cm³/mol. The lowest BCUT2D eigenvalue weighted by atomic mass is 10.0. The van der Waals surface area contributed by atoms with Crippen molar-refractivity contribution in [2.24, 2.45) is 11.7 Å². The van der Waals surface area contributed by atoms with E-state index in [4.69, 9.17) is 10.8 Å². The molecule has 0 aliphatic carbocycles. The Kier molecular flexibility index (Phi) is 5.41. The van der Waals surface area contributed by atoms with Crippen LogP contribution < -0.4 is 5.73 Å². The van der Waals surface area contributed by atoms with Gasteiger partial charge in [0, 0.05) is 19.1 Å². The van der Waals surface area contributed by atoms with E-state index >= 15 is 0 Å². The average molecular weight is 242 g/mol. The zero-order valence-corrected chi connectivity index (χ0v) is 10.4. The van der Waals surface area contributed by atoms with Gasteiger partial charge in [0.2, 0.25) is 11.8 Å². The summed E-state index contributed by atoms with van der Waals surface area (Å²) in [7, 11) is 0. The molecule has 1 rings (SSSR count). The number of unbranched alkanes of at least 4 members (excludes halogenated alkanes) is 1. The summed E-state index contributed by atoms with van der Waals surface area (Å²) in [6.45, 7) is 2.55. The van der Waals surface area contributed by atoms with Gasteiger partial charge in [-0.2, -0.15) is 0 Å². The Balaban J connectivity index is 2.60. The van der Waals surface area contributed by atoms with Crippen molar-refractivity contribution in [3.05, 3.63) is 0 Å². The Morgan fingerprint density at radius 3 is 2.88 bits per heavy atom. The largest absolute Gasteiger partial charge is 0.396 e. The van der Waals surface area contributed by atoms with Gasteiger partial charge in [-0.05, 0) is 19.3 Å². The first-order valence-electron chi connectivity index (χ1n) is 6.32.